The first-order valence-corrected chi connectivity index (χ1v) is 6.85. The Labute approximate surface area is 131 Å². The number of halogens is 1. The number of pyridine rings is 1. The summed E-state index contributed by atoms with van der Waals surface area (Å²) in [6, 6.07) is 12.3. The molecule has 0 atom stereocenters. The Hall–Kier alpha value is -2.86. The van der Waals surface area contributed by atoms with Crippen molar-refractivity contribution < 1.29 is 4.79 Å². The lowest BCUT2D eigenvalue weighted by molar-refractivity contribution is 0.259. The van der Waals surface area contributed by atoms with Gasteiger partial charge in [0.1, 0.15) is 10.7 Å². The molecule has 0 radical (unpaired) electrons. The molecule has 0 unspecified atom stereocenters. The number of rotatable bonds is 3. The average Bonchev–Trinajstić information content (AvgIpc) is 2.86. The molecule has 3 aromatic rings. The topological polar surface area (TPSA) is 85.8 Å². The second-order valence-electron chi connectivity index (χ2n) is 4.49. The SMILES string of the molecule is NC(=O)Nc1c(Cl)c(-c2ccccc2)nn1-c1cccnc1. The lowest BCUT2D eigenvalue weighted by Gasteiger charge is -2.06. The third-order valence-corrected chi connectivity index (χ3v) is 3.36. The number of amides is 2. The van der Waals surface area contributed by atoms with Crippen LogP contribution < -0.4 is 11.1 Å². The highest BCUT2D eigenvalue weighted by atomic mass is 35.5. The van der Waals surface area contributed by atoms with Crippen LogP contribution in [0.15, 0.2) is 54.9 Å². The number of benzene rings is 1. The molecule has 0 fully saturated rings. The summed E-state index contributed by atoms with van der Waals surface area (Å²) in [6.45, 7) is 0. The van der Waals surface area contributed by atoms with Crippen molar-refractivity contribution in [1.82, 2.24) is 14.8 Å². The van der Waals surface area contributed by atoms with Crippen molar-refractivity contribution in [2.24, 2.45) is 5.73 Å². The van der Waals surface area contributed by atoms with Gasteiger partial charge in [-0.1, -0.05) is 41.9 Å². The molecule has 2 aromatic heterocycles. The van der Waals surface area contributed by atoms with Crippen LogP contribution in [0.4, 0.5) is 10.6 Å². The molecule has 3 N–H and O–H groups in total. The van der Waals surface area contributed by atoms with Gasteiger partial charge in [-0.15, -0.1) is 0 Å². The number of primary amides is 1. The lowest BCUT2D eigenvalue weighted by Crippen LogP contribution is -2.21. The number of nitrogens with zero attached hydrogens (tertiary/aromatic N) is 3. The third-order valence-electron chi connectivity index (χ3n) is 3.01. The summed E-state index contributed by atoms with van der Waals surface area (Å²) < 4.78 is 1.50. The molecule has 0 bridgehead atoms. The van der Waals surface area contributed by atoms with Crippen LogP contribution in [0.3, 0.4) is 0 Å². The number of anilines is 1. The van der Waals surface area contributed by atoms with E-state index in [1.807, 2.05) is 30.3 Å². The first-order chi connectivity index (χ1) is 10.7. The van der Waals surface area contributed by atoms with E-state index in [4.69, 9.17) is 17.3 Å². The monoisotopic (exact) mass is 313 g/mol. The van der Waals surface area contributed by atoms with Gasteiger partial charge in [-0.3, -0.25) is 10.3 Å². The van der Waals surface area contributed by atoms with Crippen molar-refractivity contribution in [2.45, 2.75) is 0 Å². The van der Waals surface area contributed by atoms with Crippen molar-refractivity contribution in [3.8, 4) is 16.9 Å². The van der Waals surface area contributed by atoms with Crippen molar-refractivity contribution in [3.05, 3.63) is 59.9 Å². The second kappa shape index (κ2) is 5.87. The molecule has 110 valence electrons. The first kappa shape index (κ1) is 14.1. The highest BCUT2D eigenvalue weighted by molar-refractivity contribution is 6.36. The molecular weight excluding hydrogens is 302 g/mol. The maximum absolute atomic E-state index is 11.2. The molecule has 0 aliphatic heterocycles. The summed E-state index contributed by atoms with van der Waals surface area (Å²) in [5.74, 6) is 0.306. The Morgan fingerprint density at radius 2 is 1.95 bits per heavy atom. The highest BCUT2D eigenvalue weighted by Gasteiger charge is 2.19. The van der Waals surface area contributed by atoms with E-state index in [1.54, 1.807) is 24.5 Å². The zero-order chi connectivity index (χ0) is 15.5. The number of hydrogen-bond donors (Lipinski definition) is 2. The van der Waals surface area contributed by atoms with E-state index in [-0.39, 0.29) is 0 Å². The number of carbonyl (C=O) groups excluding carboxylic acids is 1. The van der Waals surface area contributed by atoms with Gasteiger partial charge >= 0.3 is 6.03 Å². The van der Waals surface area contributed by atoms with Gasteiger partial charge in [-0.2, -0.15) is 5.10 Å². The van der Waals surface area contributed by atoms with E-state index >= 15 is 0 Å². The summed E-state index contributed by atoms with van der Waals surface area (Å²) in [5.41, 5.74) is 7.27. The third kappa shape index (κ3) is 2.64. The Kier molecular flexibility index (Phi) is 3.76. The van der Waals surface area contributed by atoms with Crippen molar-refractivity contribution >= 4 is 23.4 Å². The van der Waals surface area contributed by atoms with E-state index in [0.29, 0.717) is 22.2 Å². The molecule has 2 amide bonds. The van der Waals surface area contributed by atoms with Gasteiger partial charge < -0.3 is 5.73 Å². The van der Waals surface area contributed by atoms with E-state index in [1.165, 1.54) is 4.68 Å². The molecular formula is C15H12ClN5O. The van der Waals surface area contributed by atoms with Gasteiger partial charge in [0.15, 0.2) is 5.82 Å². The largest absolute Gasteiger partial charge is 0.351 e. The van der Waals surface area contributed by atoms with E-state index in [2.05, 4.69) is 15.4 Å². The fourth-order valence-electron chi connectivity index (χ4n) is 2.07. The van der Waals surface area contributed by atoms with Gasteiger partial charge in [0.25, 0.3) is 0 Å². The molecule has 0 saturated heterocycles. The quantitative estimate of drug-likeness (QED) is 0.779. The van der Waals surface area contributed by atoms with Crippen molar-refractivity contribution in [2.75, 3.05) is 5.32 Å². The number of carbonyl (C=O) groups is 1. The fraction of sp³-hybridized carbons (Fsp3) is 0. The van der Waals surface area contributed by atoms with E-state index < -0.39 is 6.03 Å². The van der Waals surface area contributed by atoms with Crippen LogP contribution in [0.25, 0.3) is 16.9 Å². The Morgan fingerprint density at radius 1 is 1.18 bits per heavy atom. The standard InChI is InChI=1S/C15H12ClN5O/c16-12-13(10-5-2-1-3-6-10)20-21(14(12)19-15(17)22)11-7-4-8-18-9-11/h1-9H,(H3,17,19,22). The molecule has 3 rings (SSSR count). The number of nitrogens with two attached hydrogens (primary N) is 1. The summed E-state index contributed by atoms with van der Waals surface area (Å²) in [6.07, 6.45) is 3.26. The molecule has 0 saturated carbocycles. The smallest absolute Gasteiger partial charge is 0.317 e. The van der Waals surface area contributed by atoms with Gasteiger partial charge in [0.2, 0.25) is 0 Å². The molecule has 0 spiro atoms. The maximum atomic E-state index is 11.2. The maximum Gasteiger partial charge on any atom is 0.317 e. The Balaban J connectivity index is 2.19. The minimum absolute atomic E-state index is 0.306. The van der Waals surface area contributed by atoms with Crippen LogP contribution in [-0.2, 0) is 0 Å². The van der Waals surface area contributed by atoms with Crippen LogP contribution in [0, 0.1) is 0 Å². The zero-order valence-corrected chi connectivity index (χ0v) is 12.2. The molecule has 2 heterocycles. The summed E-state index contributed by atoms with van der Waals surface area (Å²) in [7, 11) is 0. The number of aromatic nitrogens is 3. The van der Waals surface area contributed by atoms with Gasteiger partial charge in [0, 0.05) is 11.8 Å². The molecule has 1 aromatic carbocycles. The number of urea groups is 1. The van der Waals surface area contributed by atoms with Crippen molar-refractivity contribution in [3.63, 3.8) is 0 Å². The molecule has 7 heteroatoms. The highest BCUT2D eigenvalue weighted by Crippen LogP contribution is 2.34. The predicted octanol–water partition coefficient (Wildman–Crippen LogP) is 3.08. The van der Waals surface area contributed by atoms with Crippen LogP contribution in [-0.4, -0.2) is 20.8 Å². The first-order valence-electron chi connectivity index (χ1n) is 6.47. The normalized spacial score (nSPS) is 10.4. The van der Waals surface area contributed by atoms with Crippen LogP contribution in [0.1, 0.15) is 0 Å². The molecule has 22 heavy (non-hydrogen) atoms. The Bertz CT molecular complexity index is 802. The van der Waals surface area contributed by atoms with Gasteiger partial charge in [-0.05, 0) is 12.1 Å². The molecule has 6 nitrogen and oxygen atoms in total. The zero-order valence-electron chi connectivity index (χ0n) is 11.4. The van der Waals surface area contributed by atoms with Crippen LogP contribution in [0.5, 0.6) is 0 Å². The minimum atomic E-state index is -0.716. The fourth-order valence-corrected chi connectivity index (χ4v) is 2.34. The van der Waals surface area contributed by atoms with E-state index in [0.717, 1.165) is 5.56 Å². The Morgan fingerprint density at radius 3 is 2.59 bits per heavy atom. The van der Waals surface area contributed by atoms with Crippen molar-refractivity contribution in [1.29, 1.82) is 0 Å². The predicted molar refractivity (Wildman–Crippen MR) is 85.0 cm³/mol. The number of nitrogens with one attached hydrogen (secondary N) is 1. The summed E-state index contributed by atoms with van der Waals surface area (Å²) in [4.78, 5) is 15.3. The van der Waals surface area contributed by atoms with Crippen LogP contribution in [0.2, 0.25) is 5.02 Å². The average molecular weight is 314 g/mol. The van der Waals surface area contributed by atoms with Gasteiger partial charge in [-0.25, -0.2) is 9.48 Å². The lowest BCUT2D eigenvalue weighted by atomic mass is 10.1. The molecule has 0 aliphatic carbocycles. The number of hydrogen-bond acceptors (Lipinski definition) is 3. The summed E-state index contributed by atoms with van der Waals surface area (Å²) in [5, 5.41) is 7.30. The van der Waals surface area contributed by atoms with Crippen LogP contribution >= 0.6 is 11.6 Å². The van der Waals surface area contributed by atoms with E-state index in [9.17, 15) is 4.79 Å². The second-order valence-corrected chi connectivity index (χ2v) is 4.87. The summed E-state index contributed by atoms with van der Waals surface area (Å²) >= 11 is 6.38. The molecule has 0 aliphatic rings. The van der Waals surface area contributed by atoms with Gasteiger partial charge in [0.05, 0.1) is 11.9 Å². The minimum Gasteiger partial charge on any atom is -0.351 e.